The third kappa shape index (κ3) is 3.27. The van der Waals surface area contributed by atoms with E-state index in [4.69, 9.17) is 15.7 Å². The van der Waals surface area contributed by atoms with Gasteiger partial charge in [-0.3, -0.25) is 4.79 Å². The van der Waals surface area contributed by atoms with Crippen LogP contribution in [-0.2, 0) is 4.74 Å². The van der Waals surface area contributed by atoms with Crippen molar-refractivity contribution >= 4 is 11.7 Å². The fourth-order valence-electron chi connectivity index (χ4n) is 2.20. The molecule has 20 heavy (non-hydrogen) atoms. The zero-order valence-corrected chi connectivity index (χ0v) is 11.4. The molecule has 1 aliphatic rings. The highest BCUT2D eigenvalue weighted by Crippen LogP contribution is 2.23. The number of carbonyl (C=O) groups excluding carboxylic acids is 1. The lowest BCUT2D eigenvalue weighted by molar-refractivity contribution is 0.0206. The average molecular weight is 277 g/mol. The number of carbonyl (C=O) groups is 1. The fourth-order valence-corrected chi connectivity index (χ4v) is 2.20. The van der Waals surface area contributed by atoms with E-state index in [1.54, 1.807) is 24.3 Å². The van der Waals surface area contributed by atoms with Crippen LogP contribution in [0.15, 0.2) is 29.4 Å². The van der Waals surface area contributed by atoms with Gasteiger partial charge in [-0.2, -0.15) is 0 Å². The van der Waals surface area contributed by atoms with E-state index in [0.29, 0.717) is 17.7 Å². The maximum atomic E-state index is 12.0. The van der Waals surface area contributed by atoms with E-state index in [9.17, 15) is 4.79 Å². The zero-order valence-electron chi connectivity index (χ0n) is 11.4. The molecule has 1 heterocycles. The second kappa shape index (κ2) is 5.92. The Morgan fingerprint density at radius 3 is 2.65 bits per heavy atom. The first kappa shape index (κ1) is 14.3. The summed E-state index contributed by atoms with van der Waals surface area (Å²) in [5, 5.41) is 14.3. The van der Waals surface area contributed by atoms with Gasteiger partial charge in [0.15, 0.2) is 5.84 Å². The molecule has 1 fully saturated rings. The van der Waals surface area contributed by atoms with Crippen molar-refractivity contribution in [3.63, 3.8) is 0 Å². The van der Waals surface area contributed by atoms with Crippen molar-refractivity contribution in [2.45, 2.75) is 25.4 Å². The lowest BCUT2D eigenvalue weighted by Crippen LogP contribution is -2.40. The minimum Gasteiger partial charge on any atom is -0.409 e. The van der Waals surface area contributed by atoms with Crippen LogP contribution in [0.5, 0.6) is 0 Å². The molecule has 6 heteroatoms. The number of benzene rings is 1. The van der Waals surface area contributed by atoms with Crippen molar-refractivity contribution < 1.29 is 14.7 Å². The van der Waals surface area contributed by atoms with E-state index >= 15 is 0 Å². The van der Waals surface area contributed by atoms with Crippen molar-refractivity contribution in [2.24, 2.45) is 10.9 Å². The molecule has 6 nitrogen and oxygen atoms in total. The molecular formula is C14H19N3O3. The lowest BCUT2D eigenvalue weighted by atomic mass is 10.0. The van der Waals surface area contributed by atoms with Crippen molar-refractivity contribution in [3.8, 4) is 0 Å². The highest BCUT2D eigenvalue weighted by molar-refractivity contribution is 5.99. The van der Waals surface area contributed by atoms with Crippen LogP contribution in [0, 0.1) is 0 Å². The molecule has 0 saturated carbocycles. The molecule has 0 bridgehead atoms. The van der Waals surface area contributed by atoms with Crippen molar-refractivity contribution in [3.05, 3.63) is 35.4 Å². The number of amides is 1. The Morgan fingerprint density at radius 2 is 2.10 bits per heavy atom. The second-order valence-corrected chi connectivity index (χ2v) is 5.15. The molecule has 0 aliphatic carbocycles. The highest BCUT2D eigenvalue weighted by Gasteiger charge is 2.30. The van der Waals surface area contributed by atoms with E-state index in [2.05, 4.69) is 10.5 Å². The van der Waals surface area contributed by atoms with Crippen LogP contribution in [-0.4, -0.2) is 35.7 Å². The first-order valence-electron chi connectivity index (χ1n) is 6.54. The molecule has 1 amide bonds. The van der Waals surface area contributed by atoms with Crippen LogP contribution in [0.1, 0.15) is 35.7 Å². The lowest BCUT2D eigenvalue weighted by Gasteiger charge is -2.23. The van der Waals surface area contributed by atoms with E-state index in [0.717, 1.165) is 19.4 Å². The summed E-state index contributed by atoms with van der Waals surface area (Å²) in [5.74, 6) is -0.142. The Hall–Kier alpha value is -2.08. The number of rotatable bonds is 4. The number of ether oxygens (including phenoxy) is 1. The number of nitrogens with two attached hydrogens (primary N) is 1. The summed E-state index contributed by atoms with van der Waals surface area (Å²) in [5.41, 5.74) is 6.30. The maximum Gasteiger partial charge on any atom is 0.251 e. The Balaban J connectivity index is 1.95. The van der Waals surface area contributed by atoms with Gasteiger partial charge in [0, 0.05) is 24.3 Å². The molecule has 108 valence electrons. The maximum absolute atomic E-state index is 12.0. The number of hydrogen-bond acceptors (Lipinski definition) is 4. The third-order valence-corrected chi connectivity index (χ3v) is 3.47. The summed E-state index contributed by atoms with van der Waals surface area (Å²) in [6.45, 7) is 3.25. The molecule has 1 unspecified atom stereocenters. The standard InChI is InChI=1S/C14H19N3O3/c1-14(7-2-8-20-14)9-16-13(18)11-5-3-10(4-6-11)12(15)17-19/h3-6,19H,2,7-9H2,1H3,(H2,15,17)(H,16,18). The predicted octanol–water partition coefficient (Wildman–Crippen LogP) is 1.08. The number of hydrogen-bond donors (Lipinski definition) is 3. The minimum absolute atomic E-state index is 0.0174. The van der Waals surface area contributed by atoms with Gasteiger partial charge in [-0.1, -0.05) is 17.3 Å². The van der Waals surface area contributed by atoms with Crippen LogP contribution < -0.4 is 11.1 Å². The summed E-state index contributed by atoms with van der Waals surface area (Å²) >= 11 is 0. The van der Waals surface area contributed by atoms with Crippen LogP contribution in [0.2, 0.25) is 0 Å². The number of nitrogens with zero attached hydrogens (tertiary/aromatic N) is 1. The van der Waals surface area contributed by atoms with E-state index in [1.165, 1.54) is 0 Å². The molecule has 1 aromatic rings. The molecule has 0 aromatic heterocycles. The van der Waals surface area contributed by atoms with Gasteiger partial charge in [0.2, 0.25) is 0 Å². The van der Waals surface area contributed by atoms with Gasteiger partial charge in [0.25, 0.3) is 5.91 Å². The highest BCUT2D eigenvalue weighted by atomic mass is 16.5. The molecular weight excluding hydrogens is 258 g/mol. The predicted molar refractivity (Wildman–Crippen MR) is 74.9 cm³/mol. The summed E-state index contributed by atoms with van der Waals surface area (Å²) in [4.78, 5) is 12.0. The Bertz CT molecular complexity index is 505. The van der Waals surface area contributed by atoms with Gasteiger partial charge in [0.1, 0.15) is 0 Å². The Labute approximate surface area is 117 Å². The van der Waals surface area contributed by atoms with Crippen molar-refractivity contribution in [2.75, 3.05) is 13.2 Å². The van der Waals surface area contributed by atoms with Crippen LogP contribution in [0.3, 0.4) is 0 Å². The molecule has 2 rings (SSSR count). The monoisotopic (exact) mass is 277 g/mol. The van der Waals surface area contributed by atoms with Crippen LogP contribution in [0.4, 0.5) is 0 Å². The van der Waals surface area contributed by atoms with Gasteiger partial charge in [-0.25, -0.2) is 0 Å². The van der Waals surface area contributed by atoms with Crippen LogP contribution in [0.25, 0.3) is 0 Å². The third-order valence-electron chi connectivity index (χ3n) is 3.47. The number of amidine groups is 1. The van der Waals surface area contributed by atoms with Gasteiger partial charge in [-0.15, -0.1) is 0 Å². The van der Waals surface area contributed by atoms with Gasteiger partial charge < -0.3 is 21.0 Å². The summed E-state index contributed by atoms with van der Waals surface area (Å²) in [6, 6.07) is 6.55. The Morgan fingerprint density at radius 1 is 1.45 bits per heavy atom. The smallest absolute Gasteiger partial charge is 0.251 e. The van der Waals surface area contributed by atoms with Crippen molar-refractivity contribution in [1.29, 1.82) is 0 Å². The molecule has 1 aliphatic heterocycles. The quantitative estimate of drug-likeness (QED) is 0.332. The normalized spacial score (nSPS) is 22.8. The molecule has 0 radical (unpaired) electrons. The first-order valence-corrected chi connectivity index (χ1v) is 6.54. The summed E-state index contributed by atoms with van der Waals surface area (Å²) < 4.78 is 5.62. The summed E-state index contributed by atoms with van der Waals surface area (Å²) in [6.07, 6.45) is 1.98. The van der Waals surface area contributed by atoms with E-state index < -0.39 is 0 Å². The second-order valence-electron chi connectivity index (χ2n) is 5.15. The van der Waals surface area contributed by atoms with Crippen molar-refractivity contribution in [1.82, 2.24) is 5.32 Å². The number of oxime groups is 1. The average Bonchev–Trinajstić information content (AvgIpc) is 2.91. The first-order chi connectivity index (χ1) is 9.54. The minimum atomic E-state index is -0.260. The van der Waals surface area contributed by atoms with E-state index in [-0.39, 0.29) is 17.3 Å². The largest absolute Gasteiger partial charge is 0.409 e. The molecule has 4 N–H and O–H groups in total. The molecule has 0 spiro atoms. The van der Waals surface area contributed by atoms with Crippen LogP contribution >= 0.6 is 0 Å². The molecule has 1 saturated heterocycles. The number of nitrogens with one attached hydrogen (secondary N) is 1. The fraction of sp³-hybridized carbons (Fsp3) is 0.429. The molecule has 1 atom stereocenters. The van der Waals surface area contributed by atoms with E-state index in [1.807, 2.05) is 6.92 Å². The zero-order chi connectivity index (χ0) is 14.6. The van der Waals surface area contributed by atoms with Gasteiger partial charge >= 0.3 is 0 Å². The molecule has 1 aromatic carbocycles. The van der Waals surface area contributed by atoms with Gasteiger partial charge in [0.05, 0.1) is 5.60 Å². The Kier molecular flexibility index (Phi) is 4.24. The summed E-state index contributed by atoms with van der Waals surface area (Å²) in [7, 11) is 0. The SMILES string of the molecule is CC1(CNC(=O)c2ccc(/C(N)=N/O)cc2)CCCO1. The topological polar surface area (TPSA) is 96.9 Å². The van der Waals surface area contributed by atoms with Gasteiger partial charge in [-0.05, 0) is 31.9 Å².